The van der Waals surface area contributed by atoms with Crippen molar-refractivity contribution < 1.29 is 14.3 Å². The third-order valence-corrected chi connectivity index (χ3v) is 6.86. The first-order valence-corrected chi connectivity index (χ1v) is 10.0. The molecule has 2 aliphatic heterocycles. The monoisotopic (exact) mass is 402 g/mol. The van der Waals surface area contributed by atoms with Crippen LogP contribution in [0.3, 0.4) is 0 Å². The molecule has 0 unspecified atom stereocenters. The van der Waals surface area contributed by atoms with Crippen molar-refractivity contribution >= 4 is 40.9 Å². The van der Waals surface area contributed by atoms with Crippen LogP contribution in [0.1, 0.15) is 18.1 Å². The summed E-state index contributed by atoms with van der Waals surface area (Å²) in [5.74, 6) is 1.16. The van der Waals surface area contributed by atoms with Crippen LogP contribution < -0.4 is 9.64 Å². The Kier molecular flexibility index (Phi) is 4.56. The molecular formula is C20H19ClN2O3S. The van der Waals surface area contributed by atoms with E-state index < -0.39 is 4.87 Å². The lowest BCUT2D eigenvalue weighted by Crippen LogP contribution is -2.49. The van der Waals surface area contributed by atoms with Gasteiger partial charge in [0.25, 0.3) is 5.91 Å². The van der Waals surface area contributed by atoms with Gasteiger partial charge in [-0.25, -0.2) is 0 Å². The van der Waals surface area contributed by atoms with Gasteiger partial charge < -0.3 is 14.5 Å². The van der Waals surface area contributed by atoms with Crippen molar-refractivity contribution in [1.82, 2.24) is 4.90 Å². The van der Waals surface area contributed by atoms with Crippen LogP contribution in [0.25, 0.3) is 0 Å². The zero-order valence-corrected chi connectivity index (χ0v) is 16.6. The van der Waals surface area contributed by atoms with Gasteiger partial charge in [0.15, 0.2) is 4.87 Å². The standard InChI is InChI=1S/C20H19ClN2O3S/c1-13(24)23-9-10-27-20(23)16-11-15(26-2)7-8-18(16)22(19(20)25)12-14-5-3-4-6-17(14)21/h3-8,11H,9-10,12H2,1-2H3/t20-/m1/s1. The lowest BCUT2D eigenvalue weighted by Gasteiger charge is -2.32. The number of ether oxygens (including phenoxy) is 1. The van der Waals surface area contributed by atoms with E-state index in [9.17, 15) is 9.59 Å². The maximum Gasteiger partial charge on any atom is 0.268 e. The van der Waals surface area contributed by atoms with Crippen molar-refractivity contribution in [2.24, 2.45) is 0 Å². The van der Waals surface area contributed by atoms with Crippen LogP contribution in [0.5, 0.6) is 5.75 Å². The predicted molar refractivity (Wildman–Crippen MR) is 107 cm³/mol. The van der Waals surface area contributed by atoms with Crippen LogP contribution in [-0.4, -0.2) is 36.1 Å². The minimum atomic E-state index is -1.03. The van der Waals surface area contributed by atoms with E-state index in [0.29, 0.717) is 29.6 Å². The summed E-state index contributed by atoms with van der Waals surface area (Å²) < 4.78 is 5.38. The van der Waals surface area contributed by atoms with Crippen LogP contribution in [-0.2, 0) is 21.0 Å². The van der Waals surface area contributed by atoms with E-state index in [0.717, 1.165) is 16.8 Å². The molecule has 0 N–H and O–H groups in total. The first-order chi connectivity index (χ1) is 13.0. The van der Waals surface area contributed by atoms with Gasteiger partial charge in [0.05, 0.1) is 19.3 Å². The summed E-state index contributed by atoms with van der Waals surface area (Å²) in [6.07, 6.45) is 0. The molecule has 0 bridgehead atoms. The molecule has 0 aromatic heterocycles. The molecule has 7 heteroatoms. The SMILES string of the molecule is COc1ccc2c(c1)[C@@]1(SCCN1C(C)=O)C(=O)N2Cc1ccccc1Cl. The highest BCUT2D eigenvalue weighted by atomic mass is 35.5. The van der Waals surface area contributed by atoms with E-state index in [1.54, 1.807) is 16.9 Å². The summed E-state index contributed by atoms with van der Waals surface area (Å²) in [5.41, 5.74) is 2.46. The van der Waals surface area contributed by atoms with Crippen LogP contribution >= 0.6 is 23.4 Å². The summed E-state index contributed by atoms with van der Waals surface area (Å²) >= 11 is 7.83. The minimum absolute atomic E-state index is 0.108. The van der Waals surface area contributed by atoms with E-state index in [1.165, 1.54) is 18.7 Å². The second-order valence-corrected chi connectivity index (χ2v) is 8.22. The molecule has 1 atom stereocenters. The molecule has 2 aromatic carbocycles. The second kappa shape index (κ2) is 6.77. The Bertz CT molecular complexity index is 935. The molecule has 0 saturated carbocycles. The molecule has 2 heterocycles. The summed E-state index contributed by atoms with van der Waals surface area (Å²) in [5, 5.41) is 0.615. The number of hydrogen-bond donors (Lipinski definition) is 0. The Morgan fingerprint density at radius 1 is 1.30 bits per heavy atom. The van der Waals surface area contributed by atoms with Gasteiger partial charge in [-0.05, 0) is 29.8 Å². The Morgan fingerprint density at radius 3 is 2.78 bits per heavy atom. The fraction of sp³-hybridized carbons (Fsp3) is 0.300. The van der Waals surface area contributed by atoms with Crippen LogP contribution in [0.4, 0.5) is 5.69 Å². The molecule has 1 saturated heterocycles. The van der Waals surface area contributed by atoms with Gasteiger partial charge in [-0.2, -0.15) is 0 Å². The third-order valence-electron chi connectivity index (χ3n) is 5.07. The number of fused-ring (bicyclic) bond motifs is 2. The first-order valence-electron chi connectivity index (χ1n) is 8.65. The predicted octanol–water partition coefficient (Wildman–Crippen LogP) is 3.64. The van der Waals surface area contributed by atoms with E-state index in [4.69, 9.17) is 16.3 Å². The molecule has 4 rings (SSSR count). The molecule has 0 radical (unpaired) electrons. The smallest absolute Gasteiger partial charge is 0.268 e. The second-order valence-electron chi connectivity index (χ2n) is 6.53. The largest absolute Gasteiger partial charge is 0.497 e. The van der Waals surface area contributed by atoms with Crippen molar-refractivity contribution in [2.45, 2.75) is 18.3 Å². The van der Waals surface area contributed by atoms with Crippen molar-refractivity contribution in [3.05, 3.63) is 58.6 Å². The minimum Gasteiger partial charge on any atom is -0.497 e. The van der Waals surface area contributed by atoms with Gasteiger partial charge in [-0.1, -0.05) is 29.8 Å². The Hall–Kier alpha value is -2.18. The topological polar surface area (TPSA) is 49.9 Å². The first kappa shape index (κ1) is 18.2. The van der Waals surface area contributed by atoms with E-state index >= 15 is 0 Å². The number of carbonyl (C=O) groups excluding carboxylic acids is 2. The number of nitrogens with zero attached hydrogens (tertiary/aromatic N) is 2. The number of hydrogen-bond acceptors (Lipinski definition) is 4. The number of carbonyl (C=O) groups is 2. The Labute approximate surface area is 167 Å². The van der Waals surface area contributed by atoms with Crippen molar-refractivity contribution in [1.29, 1.82) is 0 Å². The fourth-order valence-electron chi connectivity index (χ4n) is 3.81. The molecule has 2 aliphatic rings. The lowest BCUT2D eigenvalue weighted by atomic mass is 10.1. The van der Waals surface area contributed by atoms with Gasteiger partial charge in [-0.3, -0.25) is 9.59 Å². The van der Waals surface area contributed by atoms with Crippen LogP contribution in [0, 0.1) is 0 Å². The molecular weight excluding hydrogens is 384 g/mol. The van der Waals surface area contributed by atoms with Gasteiger partial charge >= 0.3 is 0 Å². The maximum atomic E-state index is 13.6. The Balaban J connectivity index is 1.85. The molecule has 0 aliphatic carbocycles. The molecule has 140 valence electrons. The van der Waals surface area contributed by atoms with Crippen LogP contribution in [0.15, 0.2) is 42.5 Å². The van der Waals surface area contributed by atoms with E-state index in [2.05, 4.69) is 0 Å². The average molecular weight is 403 g/mol. The van der Waals surface area contributed by atoms with E-state index in [1.807, 2.05) is 42.5 Å². The number of thioether (sulfide) groups is 1. The summed E-state index contributed by atoms with van der Waals surface area (Å²) in [6, 6.07) is 13.1. The fourth-order valence-corrected chi connectivity index (χ4v) is 5.50. The maximum absolute atomic E-state index is 13.6. The normalized spacial score (nSPS) is 21.1. The van der Waals surface area contributed by atoms with Gasteiger partial charge in [0.1, 0.15) is 5.75 Å². The van der Waals surface area contributed by atoms with Crippen LogP contribution in [0.2, 0.25) is 5.02 Å². The molecule has 2 amide bonds. The number of methoxy groups -OCH3 is 1. The number of amides is 2. The zero-order chi connectivity index (χ0) is 19.2. The lowest BCUT2D eigenvalue weighted by molar-refractivity contribution is -0.138. The van der Waals surface area contributed by atoms with Crippen molar-refractivity contribution in [3.63, 3.8) is 0 Å². The highest BCUT2D eigenvalue weighted by Crippen LogP contribution is 2.55. The van der Waals surface area contributed by atoms with Gasteiger partial charge in [-0.15, -0.1) is 11.8 Å². The quantitative estimate of drug-likeness (QED) is 0.786. The van der Waals surface area contributed by atoms with Gasteiger partial charge in [0.2, 0.25) is 5.91 Å². The molecule has 1 fully saturated rings. The Morgan fingerprint density at radius 2 is 2.07 bits per heavy atom. The number of benzene rings is 2. The number of halogens is 1. The molecule has 27 heavy (non-hydrogen) atoms. The summed E-state index contributed by atoms with van der Waals surface area (Å²) in [6.45, 7) is 2.41. The van der Waals surface area contributed by atoms with Crippen molar-refractivity contribution in [2.75, 3.05) is 24.3 Å². The molecule has 5 nitrogen and oxygen atoms in total. The number of anilines is 1. The van der Waals surface area contributed by atoms with Gasteiger partial charge in [0, 0.05) is 29.8 Å². The zero-order valence-electron chi connectivity index (χ0n) is 15.1. The molecule has 1 spiro atoms. The average Bonchev–Trinajstić information content (AvgIpc) is 3.21. The van der Waals surface area contributed by atoms with E-state index in [-0.39, 0.29) is 11.8 Å². The third kappa shape index (κ3) is 2.70. The summed E-state index contributed by atoms with van der Waals surface area (Å²) in [7, 11) is 1.59. The van der Waals surface area contributed by atoms with Crippen molar-refractivity contribution in [3.8, 4) is 5.75 Å². The highest BCUT2D eigenvalue weighted by molar-refractivity contribution is 8.01. The molecule has 2 aromatic rings. The highest BCUT2D eigenvalue weighted by Gasteiger charge is 2.59. The number of rotatable bonds is 3. The summed E-state index contributed by atoms with van der Waals surface area (Å²) in [4.78, 5) is 28.3.